The van der Waals surface area contributed by atoms with Gasteiger partial charge in [0.15, 0.2) is 11.5 Å². The lowest BCUT2D eigenvalue weighted by Gasteiger charge is -2.21. The summed E-state index contributed by atoms with van der Waals surface area (Å²) in [6.45, 7) is 1.73. The zero-order valence-corrected chi connectivity index (χ0v) is 15.6. The van der Waals surface area contributed by atoms with Crippen LogP contribution in [0, 0.1) is 0 Å². The van der Waals surface area contributed by atoms with Crippen molar-refractivity contribution in [3.63, 3.8) is 0 Å². The second-order valence-corrected chi connectivity index (χ2v) is 6.04. The Hall–Kier alpha value is -3.55. The first-order valence-corrected chi connectivity index (χ1v) is 8.64. The molecule has 8 nitrogen and oxygen atoms in total. The molecule has 8 heteroatoms. The Balaban J connectivity index is 1.67. The minimum Gasteiger partial charge on any atom is -0.465 e. The highest BCUT2D eigenvalue weighted by Gasteiger charge is 2.19. The van der Waals surface area contributed by atoms with E-state index in [2.05, 4.69) is 5.32 Å². The van der Waals surface area contributed by atoms with Gasteiger partial charge in [-0.2, -0.15) is 0 Å². The SMILES string of the molecule is COC(=O)c1ccccc1NC(=O)CCN(C(C)=O)c1ccc2c(c1)OCO2. The van der Waals surface area contributed by atoms with Crippen molar-refractivity contribution in [2.45, 2.75) is 13.3 Å². The number of esters is 1. The van der Waals surface area contributed by atoms with Gasteiger partial charge in [0.1, 0.15) is 0 Å². The summed E-state index contributed by atoms with van der Waals surface area (Å²) in [5.74, 6) is 0.0937. The van der Waals surface area contributed by atoms with Crippen LogP contribution in [-0.2, 0) is 14.3 Å². The number of para-hydroxylation sites is 1. The minimum atomic E-state index is -0.540. The van der Waals surface area contributed by atoms with E-state index in [0.29, 0.717) is 22.9 Å². The molecule has 146 valence electrons. The van der Waals surface area contributed by atoms with Gasteiger partial charge < -0.3 is 24.4 Å². The summed E-state index contributed by atoms with van der Waals surface area (Å²) in [5.41, 5.74) is 1.23. The summed E-state index contributed by atoms with van der Waals surface area (Å²) in [4.78, 5) is 37.7. The normalized spacial score (nSPS) is 11.6. The molecule has 0 atom stereocenters. The van der Waals surface area contributed by atoms with Crippen LogP contribution in [0.4, 0.5) is 11.4 Å². The molecule has 28 heavy (non-hydrogen) atoms. The zero-order chi connectivity index (χ0) is 20.1. The van der Waals surface area contributed by atoms with Crippen LogP contribution in [-0.4, -0.2) is 38.2 Å². The molecule has 2 amide bonds. The van der Waals surface area contributed by atoms with Crippen molar-refractivity contribution in [2.24, 2.45) is 0 Å². The molecule has 0 bridgehead atoms. The number of nitrogens with zero attached hydrogens (tertiary/aromatic N) is 1. The Morgan fingerprint density at radius 1 is 1.11 bits per heavy atom. The lowest BCUT2D eigenvalue weighted by Crippen LogP contribution is -2.32. The highest BCUT2D eigenvalue weighted by Crippen LogP contribution is 2.35. The smallest absolute Gasteiger partial charge is 0.339 e. The van der Waals surface area contributed by atoms with Gasteiger partial charge in [0.25, 0.3) is 0 Å². The van der Waals surface area contributed by atoms with Gasteiger partial charge in [0.2, 0.25) is 18.6 Å². The fourth-order valence-electron chi connectivity index (χ4n) is 2.83. The molecule has 0 spiro atoms. The second kappa shape index (κ2) is 8.43. The maximum absolute atomic E-state index is 12.4. The Morgan fingerprint density at radius 3 is 2.61 bits per heavy atom. The third kappa shape index (κ3) is 4.22. The van der Waals surface area contributed by atoms with E-state index in [9.17, 15) is 14.4 Å². The van der Waals surface area contributed by atoms with E-state index in [1.54, 1.807) is 42.5 Å². The fourth-order valence-corrected chi connectivity index (χ4v) is 2.83. The van der Waals surface area contributed by atoms with Gasteiger partial charge in [-0.15, -0.1) is 0 Å². The summed E-state index contributed by atoms with van der Waals surface area (Å²) in [6, 6.07) is 11.7. The summed E-state index contributed by atoms with van der Waals surface area (Å²) >= 11 is 0. The molecule has 0 unspecified atom stereocenters. The number of carbonyl (C=O) groups is 3. The monoisotopic (exact) mass is 384 g/mol. The Morgan fingerprint density at radius 2 is 1.86 bits per heavy atom. The number of methoxy groups -OCH3 is 1. The van der Waals surface area contributed by atoms with E-state index in [4.69, 9.17) is 14.2 Å². The maximum Gasteiger partial charge on any atom is 0.339 e. The molecule has 1 N–H and O–H groups in total. The maximum atomic E-state index is 12.4. The molecule has 0 aliphatic carbocycles. The quantitative estimate of drug-likeness (QED) is 0.770. The Kier molecular flexibility index (Phi) is 5.78. The molecule has 3 rings (SSSR count). The molecule has 0 fully saturated rings. The van der Waals surface area contributed by atoms with Crippen LogP contribution in [0.3, 0.4) is 0 Å². The average Bonchev–Trinajstić information content (AvgIpc) is 3.15. The fraction of sp³-hybridized carbons (Fsp3) is 0.250. The molecule has 2 aromatic rings. The van der Waals surface area contributed by atoms with Crippen molar-refractivity contribution in [1.29, 1.82) is 0 Å². The first-order chi connectivity index (χ1) is 13.5. The third-order valence-electron chi connectivity index (χ3n) is 4.22. The lowest BCUT2D eigenvalue weighted by molar-refractivity contribution is -0.117. The minimum absolute atomic E-state index is 0.0452. The van der Waals surface area contributed by atoms with Gasteiger partial charge in [-0.05, 0) is 24.3 Å². The predicted molar refractivity (Wildman–Crippen MR) is 102 cm³/mol. The average molecular weight is 384 g/mol. The number of benzene rings is 2. The van der Waals surface area contributed by atoms with Crippen molar-refractivity contribution in [1.82, 2.24) is 0 Å². The van der Waals surface area contributed by atoms with Crippen molar-refractivity contribution < 1.29 is 28.6 Å². The van der Waals surface area contributed by atoms with Crippen LogP contribution in [0.15, 0.2) is 42.5 Å². The first kappa shape index (κ1) is 19.2. The van der Waals surface area contributed by atoms with E-state index in [1.165, 1.54) is 18.9 Å². The van der Waals surface area contributed by atoms with Crippen molar-refractivity contribution in [3.8, 4) is 11.5 Å². The molecule has 0 saturated heterocycles. The summed E-state index contributed by atoms with van der Waals surface area (Å²) < 4.78 is 15.3. The van der Waals surface area contributed by atoms with E-state index in [0.717, 1.165) is 0 Å². The highest BCUT2D eigenvalue weighted by molar-refractivity contribution is 6.01. The number of hydrogen-bond donors (Lipinski definition) is 1. The van der Waals surface area contributed by atoms with Gasteiger partial charge in [0, 0.05) is 31.6 Å². The highest BCUT2D eigenvalue weighted by atomic mass is 16.7. The third-order valence-corrected chi connectivity index (χ3v) is 4.22. The van der Waals surface area contributed by atoms with Gasteiger partial charge in [-0.1, -0.05) is 12.1 Å². The van der Waals surface area contributed by atoms with Crippen LogP contribution in [0.25, 0.3) is 0 Å². The number of amides is 2. The molecule has 1 heterocycles. The standard InChI is InChI=1S/C20H20N2O6/c1-13(23)22(14-7-8-17-18(11-14)28-12-27-17)10-9-19(24)21-16-6-4-3-5-15(16)20(25)26-2/h3-8,11H,9-10,12H2,1-2H3,(H,21,24). The predicted octanol–water partition coefficient (Wildman–Crippen LogP) is 2.58. The van der Waals surface area contributed by atoms with Gasteiger partial charge in [-0.25, -0.2) is 4.79 Å². The molecule has 1 aliphatic rings. The molecule has 1 aliphatic heterocycles. The van der Waals surface area contributed by atoms with Crippen LogP contribution in [0.5, 0.6) is 11.5 Å². The largest absolute Gasteiger partial charge is 0.465 e. The topological polar surface area (TPSA) is 94.2 Å². The Labute approximate surface area is 162 Å². The molecular formula is C20H20N2O6. The number of nitrogens with one attached hydrogen (secondary N) is 1. The van der Waals surface area contributed by atoms with Crippen LogP contribution < -0.4 is 19.7 Å². The number of rotatable bonds is 6. The van der Waals surface area contributed by atoms with Crippen LogP contribution >= 0.6 is 0 Å². The molecular weight excluding hydrogens is 364 g/mol. The van der Waals surface area contributed by atoms with Crippen molar-refractivity contribution >= 4 is 29.2 Å². The molecule has 0 aromatic heterocycles. The van der Waals surface area contributed by atoms with E-state index < -0.39 is 5.97 Å². The van der Waals surface area contributed by atoms with Gasteiger partial charge in [-0.3, -0.25) is 9.59 Å². The zero-order valence-electron chi connectivity index (χ0n) is 15.6. The number of ether oxygens (including phenoxy) is 3. The summed E-state index contributed by atoms with van der Waals surface area (Å²) in [6.07, 6.45) is 0.0452. The number of anilines is 2. The number of fused-ring (bicyclic) bond motifs is 1. The van der Waals surface area contributed by atoms with Gasteiger partial charge >= 0.3 is 5.97 Å². The van der Waals surface area contributed by atoms with Crippen LogP contribution in [0.2, 0.25) is 0 Å². The van der Waals surface area contributed by atoms with Gasteiger partial charge in [0.05, 0.1) is 18.4 Å². The second-order valence-electron chi connectivity index (χ2n) is 6.04. The van der Waals surface area contributed by atoms with Crippen molar-refractivity contribution in [3.05, 3.63) is 48.0 Å². The summed E-state index contributed by atoms with van der Waals surface area (Å²) in [7, 11) is 1.27. The van der Waals surface area contributed by atoms with E-state index >= 15 is 0 Å². The first-order valence-electron chi connectivity index (χ1n) is 8.64. The molecule has 2 aromatic carbocycles. The number of carbonyl (C=O) groups excluding carboxylic acids is 3. The van der Waals surface area contributed by atoms with E-state index in [-0.39, 0.29) is 37.1 Å². The Bertz CT molecular complexity index is 911. The van der Waals surface area contributed by atoms with Crippen LogP contribution in [0.1, 0.15) is 23.7 Å². The molecule has 0 radical (unpaired) electrons. The lowest BCUT2D eigenvalue weighted by atomic mass is 10.1. The molecule has 0 saturated carbocycles. The van der Waals surface area contributed by atoms with Crippen molar-refractivity contribution in [2.75, 3.05) is 30.7 Å². The van der Waals surface area contributed by atoms with E-state index in [1.807, 2.05) is 0 Å². The number of hydrogen-bond acceptors (Lipinski definition) is 6. The summed E-state index contributed by atoms with van der Waals surface area (Å²) in [5, 5.41) is 2.69.